The Hall–Kier alpha value is -1.11. The van der Waals surface area contributed by atoms with E-state index in [2.05, 4.69) is 10.3 Å². The van der Waals surface area contributed by atoms with Gasteiger partial charge in [0.15, 0.2) is 9.84 Å². The van der Waals surface area contributed by atoms with Crippen molar-refractivity contribution >= 4 is 32.5 Å². The van der Waals surface area contributed by atoms with Crippen molar-refractivity contribution in [3.63, 3.8) is 0 Å². The van der Waals surface area contributed by atoms with Gasteiger partial charge in [0.2, 0.25) is 0 Å². The first-order chi connectivity index (χ1) is 9.44. The Morgan fingerprint density at radius 1 is 1.50 bits per heavy atom. The number of aryl methyl sites for hydroxylation is 1. The smallest absolute Gasteiger partial charge is 0.151 e. The van der Waals surface area contributed by atoms with Crippen molar-refractivity contribution in [3.05, 3.63) is 29.0 Å². The highest BCUT2D eigenvalue weighted by Crippen LogP contribution is 2.20. The van der Waals surface area contributed by atoms with Crippen LogP contribution in [0.4, 0.5) is 0 Å². The molecule has 1 aromatic carbocycles. The van der Waals surface area contributed by atoms with Gasteiger partial charge in [0.1, 0.15) is 5.82 Å². The molecule has 2 aromatic rings. The van der Waals surface area contributed by atoms with E-state index in [1.165, 1.54) is 0 Å². The predicted octanol–water partition coefficient (Wildman–Crippen LogP) is 1.50. The molecule has 1 saturated heterocycles. The maximum Gasteiger partial charge on any atom is 0.151 e. The molecule has 0 aliphatic carbocycles. The summed E-state index contributed by atoms with van der Waals surface area (Å²) in [4.78, 5) is 4.54. The lowest BCUT2D eigenvalue weighted by molar-refractivity contribution is 0.535. The first-order valence-corrected chi connectivity index (χ1v) is 8.69. The minimum absolute atomic E-state index is 0.0309. The van der Waals surface area contributed by atoms with Crippen LogP contribution < -0.4 is 5.32 Å². The van der Waals surface area contributed by atoms with Gasteiger partial charge in [0.05, 0.1) is 29.1 Å². The highest BCUT2D eigenvalue weighted by Gasteiger charge is 2.27. The molecule has 1 unspecified atom stereocenters. The van der Waals surface area contributed by atoms with E-state index in [0.29, 0.717) is 18.0 Å². The molecule has 5 nitrogen and oxygen atoms in total. The van der Waals surface area contributed by atoms with Gasteiger partial charge in [-0.15, -0.1) is 0 Å². The van der Waals surface area contributed by atoms with Gasteiger partial charge in [-0.1, -0.05) is 11.6 Å². The summed E-state index contributed by atoms with van der Waals surface area (Å²) in [5.74, 6) is 1.39. The van der Waals surface area contributed by atoms with E-state index in [4.69, 9.17) is 11.6 Å². The first kappa shape index (κ1) is 13.9. The van der Waals surface area contributed by atoms with Gasteiger partial charge in [-0.05, 0) is 24.6 Å². The Morgan fingerprint density at radius 2 is 2.30 bits per heavy atom. The second kappa shape index (κ2) is 5.02. The van der Waals surface area contributed by atoms with E-state index in [-0.39, 0.29) is 17.5 Å². The predicted molar refractivity (Wildman–Crippen MR) is 79.6 cm³/mol. The van der Waals surface area contributed by atoms with Gasteiger partial charge in [0, 0.05) is 18.1 Å². The molecule has 1 atom stereocenters. The summed E-state index contributed by atoms with van der Waals surface area (Å²) in [7, 11) is -0.909. The largest absolute Gasteiger partial charge is 0.330 e. The molecule has 1 N–H and O–H groups in total. The molecule has 1 aliphatic rings. The van der Waals surface area contributed by atoms with E-state index in [1.807, 2.05) is 29.8 Å². The zero-order chi connectivity index (χ0) is 14.3. The van der Waals surface area contributed by atoms with Crippen molar-refractivity contribution in [1.82, 2.24) is 14.9 Å². The maximum atomic E-state index is 11.4. The van der Waals surface area contributed by atoms with Crippen LogP contribution in [0.2, 0.25) is 5.02 Å². The molecule has 3 rings (SSSR count). The number of benzene rings is 1. The van der Waals surface area contributed by atoms with Gasteiger partial charge >= 0.3 is 0 Å². The maximum absolute atomic E-state index is 11.4. The minimum Gasteiger partial charge on any atom is -0.330 e. The molecule has 20 heavy (non-hydrogen) atoms. The number of fused-ring (bicyclic) bond motifs is 1. The van der Waals surface area contributed by atoms with Crippen molar-refractivity contribution in [2.24, 2.45) is 7.05 Å². The number of rotatable bonds is 3. The third-order valence-electron chi connectivity index (χ3n) is 3.72. The summed E-state index contributed by atoms with van der Waals surface area (Å²) in [5.41, 5.74) is 1.88. The molecule has 0 saturated carbocycles. The van der Waals surface area contributed by atoms with E-state index in [1.54, 1.807) is 0 Å². The summed E-state index contributed by atoms with van der Waals surface area (Å²) >= 11 is 5.99. The standard InChI is InChI=1S/C13H16ClN3O2S/c1-17-12-6-9(14)2-3-11(12)16-13(17)7-15-10-4-5-20(18,19)8-10/h2-3,6,10,15H,4-5,7-8H2,1H3. The molecule has 0 bridgehead atoms. The molecule has 1 aliphatic heterocycles. The van der Waals surface area contributed by atoms with Crippen LogP contribution in [0.3, 0.4) is 0 Å². The van der Waals surface area contributed by atoms with Crippen LogP contribution in [-0.2, 0) is 23.4 Å². The number of sulfone groups is 1. The van der Waals surface area contributed by atoms with Crippen LogP contribution in [0.1, 0.15) is 12.2 Å². The SMILES string of the molecule is Cn1c(CNC2CCS(=O)(=O)C2)nc2ccc(Cl)cc21. The van der Waals surface area contributed by atoms with Crippen LogP contribution in [-0.4, -0.2) is 35.5 Å². The zero-order valence-electron chi connectivity index (χ0n) is 11.1. The van der Waals surface area contributed by atoms with E-state index >= 15 is 0 Å². The van der Waals surface area contributed by atoms with E-state index in [9.17, 15) is 8.42 Å². The Balaban J connectivity index is 1.77. The number of halogens is 1. The zero-order valence-corrected chi connectivity index (χ0v) is 12.7. The lowest BCUT2D eigenvalue weighted by Gasteiger charge is -2.10. The molecule has 0 spiro atoms. The number of imidazole rings is 1. The Morgan fingerprint density at radius 3 is 3.00 bits per heavy atom. The fourth-order valence-corrected chi connectivity index (χ4v) is 4.44. The molecular formula is C13H16ClN3O2S. The second-order valence-corrected chi connectivity index (χ2v) is 7.87. The summed E-state index contributed by atoms with van der Waals surface area (Å²) in [6, 6.07) is 5.62. The average Bonchev–Trinajstić information content (AvgIpc) is 2.88. The van der Waals surface area contributed by atoms with Crippen LogP contribution in [0.5, 0.6) is 0 Å². The number of nitrogens with zero attached hydrogens (tertiary/aromatic N) is 2. The van der Waals surface area contributed by atoms with Gasteiger partial charge in [-0.25, -0.2) is 13.4 Å². The van der Waals surface area contributed by atoms with Crippen LogP contribution in [0.25, 0.3) is 11.0 Å². The Labute approximate surface area is 122 Å². The first-order valence-electron chi connectivity index (χ1n) is 6.49. The van der Waals surface area contributed by atoms with Gasteiger partial charge in [-0.3, -0.25) is 0 Å². The molecule has 7 heteroatoms. The number of nitrogens with one attached hydrogen (secondary N) is 1. The number of hydrogen-bond acceptors (Lipinski definition) is 4. The van der Waals surface area contributed by atoms with Gasteiger partial charge in [-0.2, -0.15) is 0 Å². The molecule has 108 valence electrons. The Kier molecular flexibility index (Phi) is 3.48. The highest BCUT2D eigenvalue weighted by atomic mass is 35.5. The van der Waals surface area contributed by atoms with Crippen molar-refractivity contribution in [1.29, 1.82) is 0 Å². The van der Waals surface area contributed by atoms with Gasteiger partial charge in [0.25, 0.3) is 0 Å². The molecule has 1 aromatic heterocycles. The van der Waals surface area contributed by atoms with Crippen LogP contribution in [0, 0.1) is 0 Å². The van der Waals surface area contributed by atoms with Crippen molar-refractivity contribution in [2.75, 3.05) is 11.5 Å². The van der Waals surface area contributed by atoms with Gasteiger partial charge < -0.3 is 9.88 Å². The summed E-state index contributed by atoms with van der Waals surface area (Å²) in [6.07, 6.45) is 0.679. The topological polar surface area (TPSA) is 64.0 Å². The summed E-state index contributed by atoms with van der Waals surface area (Å²) in [5, 5.41) is 3.96. The number of aromatic nitrogens is 2. The molecule has 2 heterocycles. The molecule has 0 amide bonds. The monoisotopic (exact) mass is 313 g/mol. The number of hydrogen-bond donors (Lipinski definition) is 1. The molecular weight excluding hydrogens is 298 g/mol. The fraction of sp³-hybridized carbons (Fsp3) is 0.462. The normalized spacial score (nSPS) is 21.6. The minimum atomic E-state index is -2.85. The van der Waals surface area contributed by atoms with E-state index < -0.39 is 9.84 Å². The van der Waals surface area contributed by atoms with E-state index in [0.717, 1.165) is 16.9 Å². The van der Waals surface area contributed by atoms with Crippen molar-refractivity contribution in [3.8, 4) is 0 Å². The third-order valence-corrected chi connectivity index (χ3v) is 5.72. The molecule has 0 radical (unpaired) electrons. The Bertz CT molecular complexity index is 754. The average molecular weight is 314 g/mol. The van der Waals surface area contributed by atoms with Crippen molar-refractivity contribution < 1.29 is 8.42 Å². The van der Waals surface area contributed by atoms with Crippen LogP contribution in [0.15, 0.2) is 18.2 Å². The van der Waals surface area contributed by atoms with Crippen LogP contribution >= 0.6 is 11.6 Å². The quantitative estimate of drug-likeness (QED) is 0.933. The van der Waals surface area contributed by atoms with Crippen molar-refractivity contribution in [2.45, 2.75) is 19.0 Å². The molecule has 1 fully saturated rings. The second-order valence-electron chi connectivity index (χ2n) is 5.20. The summed E-state index contributed by atoms with van der Waals surface area (Å²) in [6.45, 7) is 0.559. The summed E-state index contributed by atoms with van der Waals surface area (Å²) < 4.78 is 24.8. The lowest BCUT2D eigenvalue weighted by atomic mass is 10.2. The highest BCUT2D eigenvalue weighted by molar-refractivity contribution is 7.91. The third kappa shape index (κ3) is 2.68. The fourth-order valence-electron chi connectivity index (χ4n) is 2.56. The lowest BCUT2D eigenvalue weighted by Crippen LogP contribution is -2.30.